The van der Waals surface area contributed by atoms with Crippen LogP contribution >= 0.6 is 0 Å². The summed E-state index contributed by atoms with van der Waals surface area (Å²) < 4.78 is 6.82. The summed E-state index contributed by atoms with van der Waals surface area (Å²) in [7, 11) is 0. The van der Waals surface area contributed by atoms with Gasteiger partial charge in [0.2, 0.25) is 5.90 Å². The molecular formula is C25H26N2O. The number of hydrogen-bond donors (Lipinski definition) is 0. The molecule has 4 rings (SSSR count). The Morgan fingerprint density at radius 1 is 0.750 bits per heavy atom. The number of ether oxygens (including phenoxy) is 1. The van der Waals surface area contributed by atoms with Gasteiger partial charge in [0, 0.05) is 16.7 Å². The van der Waals surface area contributed by atoms with Crippen molar-refractivity contribution in [3.63, 3.8) is 0 Å². The van der Waals surface area contributed by atoms with Crippen LogP contribution in [0.15, 0.2) is 89.9 Å². The summed E-state index contributed by atoms with van der Waals surface area (Å²) in [5, 5.41) is 0. The highest BCUT2D eigenvalue weighted by Crippen LogP contribution is 2.47. The quantitative estimate of drug-likeness (QED) is 0.582. The molecule has 0 fully saturated rings. The van der Waals surface area contributed by atoms with Crippen LogP contribution in [-0.4, -0.2) is 30.4 Å². The lowest BCUT2D eigenvalue weighted by Gasteiger charge is -2.40. The van der Waals surface area contributed by atoms with Gasteiger partial charge in [0.25, 0.3) is 0 Å². The number of likely N-dealkylation sites (N-methyl/N-ethyl adjacent to an activating group) is 1. The molecule has 0 N–H and O–H groups in total. The molecule has 3 aromatic carbocycles. The maximum atomic E-state index is 6.82. The maximum absolute atomic E-state index is 6.82. The van der Waals surface area contributed by atoms with Crippen LogP contribution in [0.1, 0.15) is 30.5 Å². The lowest BCUT2D eigenvalue weighted by Crippen LogP contribution is -2.41. The molecule has 0 bridgehead atoms. The van der Waals surface area contributed by atoms with E-state index in [0.29, 0.717) is 6.54 Å². The first-order chi connectivity index (χ1) is 13.8. The first-order valence-corrected chi connectivity index (χ1v) is 9.97. The summed E-state index contributed by atoms with van der Waals surface area (Å²) >= 11 is 0. The second kappa shape index (κ2) is 7.99. The van der Waals surface area contributed by atoms with Crippen molar-refractivity contribution in [2.75, 3.05) is 19.6 Å². The van der Waals surface area contributed by atoms with E-state index in [0.717, 1.165) is 41.4 Å². The normalized spacial score (nSPS) is 14.9. The molecular weight excluding hydrogens is 344 g/mol. The maximum Gasteiger partial charge on any atom is 0.204 e. The van der Waals surface area contributed by atoms with Crippen LogP contribution < -0.4 is 0 Å². The minimum atomic E-state index is -0.705. The summed E-state index contributed by atoms with van der Waals surface area (Å²) in [5.41, 5.74) is 3.57. The topological polar surface area (TPSA) is 24.8 Å². The van der Waals surface area contributed by atoms with Crippen molar-refractivity contribution >= 4 is 11.6 Å². The minimum absolute atomic E-state index is 0.697. The molecule has 0 aromatic heterocycles. The van der Waals surface area contributed by atoms with Crippen LogP contribution in [-0.2, 0) is 10.3 Å². The molecule has 0 saturated carbocycles. The Kier molecular flexibility index (Phi) is 5.27. The van der Waals surface area contributed by atoms with Gasteiger partial charge in [-0.15, -0.1) is 0 Å². The van der Waals surface area contributed by atoms with Crippen LogP contribution in [0.2, 0.25) is 0 Å². The van der Waals surface area contributed by atoms with Crippen molar-refractivity contribution in [2.24, 2.45) is 4.99 Å². The monoisotopic (exact) mass is 370 g/mol. The average Bonchev–Trinajstić information content (AvgIpc) is 2.78. The lowest BCUT2D eigenvalue weighted by atomic mass is 9.78. The van der Waals surface area contributed by atoms with Gasteiger partial charge in [-0.1, -0.05) is 92.7 Å². The lowest BCUT2D eigenvalue weighted by molar-refractivity contribution is 0.124. The van der Waals surface area contributed by atoms with Gasteiger partial charge >= 0.3 is 0 Å². The molecule has 0 aliphatic carbocycles. The summed E-state index contributed by atoms with van der Waals surface area (Å²) in [4.78, 5) is 7.21. The van der Waals surface area contributed by atoms with E-state index in [1.807, 2.05) is 18.2 Å². The molecule has 0 atom stereocenters. The van der Waals surface area contributed by atoms with Gasteiger partial charge in [0.1, 0.15) is 0 Å². The second-order valence-electron chi connectivity index (χ2n) is 7.00. The number of hydrogen-bond acceptors (Lipinski definition) is 3. The summed E-state index contributed by atoms with van der Waals surface area (Å²) in [6, 6.07) is 29.3. The van der Waals surface area contributed by atoms with Gasteiger partial charge in [0.15, 0.2) is 5.60 Å². The van der Waals surface area contributed by atoms with E-state index in [2.05, 4.69) is 85.5 Å². The van der Waals surface area contributed by atoms with E-state index in [4.69, 9.17) is 9.73 Å². The molecule has 28 heavy (non-hydrogen) atoms. The van der Waals surface area contributed by atoms with Crippen LogP contribution in [0.25, 0.3) is 0 Å². The molecule has 1 heterocycles. The van der Waals surface area contributed by atoms with Gasteiger partial charge < -0.3 is 4.74 Å². The fraction of sp³-hybridized carbons (Fsp3) is 0.240. The minimum Gasteiger partial charge on any atom is -0.458 e. The molecule has 1 aliphatic rings. The summed E-state index contributed by atoms with van der Waals surface area (Å²) in [6.07, 6.45) is 0. The van der Waals surface area contributed by atoms with Gasteiger partial charge in [-0.05, 0) is 19.2 Å². The van der Waals surface area contributed by atoms with Crippen molar-refractivity contribution in [1.82, 2.24) is 4.90 Å². The van der Waals surface area contributed by atoms with Crippen LogP contribution in [0.4, 0.5) is 5.69 Å². The molecule has 3 heteroatoms. The van der Waals surface area contributed by atoms with Crippen LogP contribution in [0.5, 0.6) is 0 Å². The van der Waals surface area contributed by atoms with E-state index in [1.165, 1.54) is 0 Å². The smallest absolute Gasteiger partial charge is 0.204 e. The average molecular weight is 370 g/mol. The number of fused-ring (bicyclic) bond motifs is 1. The Balaban J connectivity index is 1.94. The van der Waals surface area contributed by atoms with Crippen molar-refractivity contribution < 1.29 is 4.74 Å². The molecule has 3 nitrogen and oxygen atoms in total. The molecule has 1 aliphatic heterocycles. The van der Waals surface area contributed by atoms with Crippen LogP contribution in [0, 0.1) is 0 Å². The molecule has 0 saturated heterocycles. The number of benzene rings is 3. The Hall–Kier alpha value is -2.91. The highest BCUT2D eigenvalue weighted by atomic mass is 16.5. The van der Waals surface area contributed by atoms with Crippen molar-refractivity contribution in [1.29, 1.82) is 0 Å². The first kappa shape index (κ1) is 18.5. The Morgan fingerprint density at radius 2 is 1.29 bits per heavy atom. The van der Waals surface area contributed by atoms with Gasteiger partial charge in [0.05, 0.1) is 12.2 Å². The Labute approximate surface area is 167 Å². The van der Waals surface area contributed by atoms with E-state index < -0.39 is 5.60 Å². The fourth-order valence-corrected chi connectivity index (χ4v) is 3.91. The zero-order chi connectivity index (χ0) is 19.4. The van der Waals surface area contributed by atoms with Crippen molar-refractivity contribution in [3.05, 3.63) is 102 Å². The van der Waals surface area contributed by atoms with E-state index >= 15 is 0 Å². The number of aliphatic imine (C=N–C) groups is 1. The van der Waals surface area contributed by atoms with Gasteiger partial charge in [-0.25, -0.2) is 4.99 Å². The summed E-state index contributed by atoms with van der Waals surface area (Å²) in [6.45, 7) is 6.96. The third-order valence-corrected chi connectivity index (χ3v) is 5.41. The fourth-order valence-electron chi connectivity index (χ4n) is 3.91. The molecule has 0 unspecified atom stereocenters. The predicted octanol–water partition coefficient (Wildman–Crippen LogP) is 5.38. The highest BCUT2D eigenvalue weighted by Gasteiger charge is 2.43. The Morgan fingerprint density at radius 3 is 1.86 bits per heavy atom. The molecule has 3 aromatic rings. The zero-order valence-corrected chi connectivity index (χ0v) is 16.5. The largest absolute Gasteiger partial charge is 0.458 e. The molecule has 142 valence electrons. The third-order valence-electron chi connectivity index (χ3n) is 5.41. The third kappa shape index (κ3) is 3.23. The van der Waals surface area contributed by atoms with E-state index in [-0.39, 0.29) is 0 Å². The second-order valence-corrected chi connectivity index (χ2v) is 7.00. The molecule has 0 radical (unpaired) electrons. The molecule has 0 amide bonds. The SMILES string of the molecule is CCN(CC)CC1=Nc2ccccc2C(c2ccccc2)(c2ccccc2)O1. The van der Waals surface area contributed by atoms with Crippen molar-refractivity contribution in [3.8, 4) is 0 Å². The number of rotatable bonds is 6. The van der Waals surface area contributed by atoms with Gasteiger partial charge in [-0.3, -0.25) is 4.90 Å². The zero-order valence-electron chi connectivity index (χ0n) is 16.5. The van der Waals surface area contributed by atoms with E-state index in [1.54, 1.807) is 0 Å². The predicted molar refractivity (Wildman–Crippen MR) is 115 cm³/mol. The van der Waals surface area contributed by atoms with Crippen LogP contribution in [0.3, 0.4) is 0 Å². The number of para-hydroxylation sites is 1. The number of nitrogens with zero attached hydrogens (tertiary/aromatic N) is 2. The highest BCUT2D eigenvalue weighted by molar-refractivity contribution is 5.86. The van der Waals surface area contributed by atoms with E-state index in [9.17, 15) is 0 Å². The summed E-state index contributed by atoms with van der Waals surface area (Å²) in [5.74, 6) is 0.759. The standard InChI is InChI=1S/C25H26N2O/c1-3-27(4-2)19-24-26-23-18-12-11-17-22(23)25(28-24,20-13-7-5-8-14-20)21-15-9-6-10-16-21/h5-18H,3-4,19H2,1-2H3. The molecule has 0 spiro atoms. The van der Waals surface area contributed by atoms with Gasteiger partial charge in [-0.2, -0.15) is 0 Å². The van der Waals surface area contributed by atoms with Crippen molar-refractivity contribution in [2.45, 2.75) is 19.4 Å². The Bertz CT molecular complexity index is 907. The first-order valence-electron chi connectivity index (χ1n) is 9.97.